The van der Waals surface area contributed by atoms with Gasteiger partial charge in [0.25, 0.3) is 0 Å². The molecule has 1 saturated heterocycles. The summed E-state index contributed by atoms with van der Waals surface area (Å²) in [6.45, 7) is 8.55. The number of rotatable bonds is 7. The molecule has 0 atom stereocenters. The van der Waals surface area contributed by atoms with Crippen molar-refractivity contribution < 1.29 is 9.53 Å². The standard InChI is InChI=1S/C20H29N5O2/c1-3-27-18-5-4-17(12-16(18)13-21)23-19(26)22-14-20(6-7-20)15-25-10-8-24(2)9-11-25/h4-5,12H,3,6-11,14-15H2,1-2H3,(H2,22,23,26). The molecular formula is C20H29N5O2. The molecule has 7 heteroatoms. The Morgan fingerprint density at radius 2 is 2.04 bits per heavy atom. The van der Waals surface area contributed by atoms with Gasteiger partial charge in [-0.05, 0) is 45.0 Å². The first kappa shape index (κ1) is 19.5. The third-order valence-corrected chi connectivity index (χ3v) is 5.39. The van der Waals surface area contributed by atoms with E-state index in [-0.39, 0.29) is 11.4 Å². The quantitative estimate of drug-likeness (QED) is 0.767. The lowest BCUT2D eigenvalue weighted by Crippen LogP contribution is -2.48. The van der Waals surface area contributed by atoms with Gasteiger partial charge in [0.2, 0.25) is 0 Å². The summed E-state index contributed by atoms with van der Waals surface area (Å²) in [7, 11) is 2.16. The van der Waals surface area contributed by atoms with Crippen LogP contribution in [-0.2, 0) is 0 Å². The minimum atomic E-state index is -0.229. The van der Waals surface area contributed by atoms with Crippen LogP contribution in [0.15, 0.2) is 18.2 Å². The van der Waals surface area contributed by atoms with Crippen molar-refractivity contribution in [2.75, 3.05) is 58.2 Å². The van der Waals surface area contributed by atoms with Gasteiger partial charge in [0.05, 0.1) is 12.2 Å². The third-order valence-electron chi connectivity index (χ3n) is 5.39. The molecule has 3 rings (SSSR count). The molecule has 7 nitrogen and oxygen atoms in total. The number of carbonyl (C=O) groups is 1. The number of carbonyl (C=O) groups excluding carboxylic acids is 1. The highest BCUT2D eigenvalue weighted by molar-refractivity contribution is 5.89. The maximum Gasteiger partial charge on any atom is 0.319 e. The van der Waals surface area contributed by atoms with Crippen LogP contribution in [0.2, 0.25) is 0 Å². The molecule has 27 heavy (non-hydrogen) atoms. The van der Waals surface area contributed by atoms with E-state index in [1.54, 1.807) is 18.2 Å². The summed E-state index contributed by atoms with van der Waals surface area (Å²) in [6, 6.07) is 6.98. The first-order valence-electron chi connectivity index (χ1n) is 9.66. The number of nitrogens with zero attached hydrogens (tertiary/aromatic N) is 3. The van der Waals surface area contributed by atoms with Gasteiger partial charge in [-0.3, -0.25) is 0 Å². The largest absolute Gasteiger partial charge is 0.492 e. The molecule has 2 amide bonds. The Labute approximate surface area is 161 Å². The molecular weight excluding hydrogens is 342 g/mol. The van der Waals surface area contributed by atoms with Crippen molar-refractivity contribution in [1.29, 1.82) is 5.26 Å². The van der Waals surface area contributed by atoms with E-state index in [0.29, 0.717) is 30.2 Å². The Bertz CT molecular complexity index is 703. The lowest BCUT2D eigenvalue weighted by Gasteiger charge is -2.34. The Balaban J connectivity index is 1.48. The summed E-state index contributed by atoms with van der Waals surface area (Å²) in [4.78, 5) is 17.1. The SMILES string of the molecule is CCOc1ccc(NC(=O)NCC2(CN3CCN(C)CC3)CC2)cc1C#N. The first-order chi connectivity index (χ1) is 13.0. The summed E-state index contributed by atoms with van der Waals surface area (Å²) in [5.74, 6) is 0.537. The summed E-state index contributed by atoms with van der Waals surface area (Å²) in [5, 5.41) is 15.1. The Kier molecular flexibility index (Phi) is 6.19. The van der Waals surface area contributed by atoms with Crippen LogP contribution in [0.4, 0.5) is 10.5 Å². The number of likely N-dealkylation sites (N-methyl/N-ethyl adjacent to an activating group) is 1. The molecule has 0 spiro atoms. The molecule has 0 bridgehead atoms. The number of benzene rings is 1. The van der Waals surface area contributed by atoms with Crippen molar-refractivity contribution in [3.8, 4) is 11.8 Å². The molecule has 1 aromatic carbocycles. The van der Waals surface area contributed by atoms with E-state index in [2.05, 4.69) is 33.6 Å². The van der Waals surface area contributed by atoms with Gasteiger partial charge in [-0.1, -0.05) is 0 Å². The highest BCUT2D eigenvalue weighted by Gasteiger charge is 2.44. The van der Waals surface area contributed by atoms with Crippen LogP contribution in [0, 0.1) is 16.7 Å². The smallest absolute Gasteiger partial charge is 0.319 e. The molecule has 2 fully saturated rings. The Morgan fingerprint density at radius 1 is 1.30 bits per heavy atom. The van der Waals surface area contributed by atoms with Crippen molar-refractivity contribution in [2.45, 2.75) is 19.8 Å². The van der Waals surface area contributed by atoms with E-state index in [0.717, 1.165) is 32.7 Å². The fourth-order valence-electron chi connectivity index (χ4n) is 3.47. The summed E-state index contributed by atoms with van der Waals surface area (Å²) >= 11 is 0. The van der Waals surface area contributed by atoms with E-state index < -0.39 is 0 Å². The number of hydrogen-bond acceptors (Lipinski definition) is 5. The van der Waals surface area contributed by atoms with Gasteiger partial charge in [-0.25, -0.2) is 4.79 Å². The molecule has 0 unspecified atom stereocenters. The van der Waals surface area contributed by atoms with Crippen molar-refractivity contribution >= 4 is 11.7 Å². The fraction of sp³-hybridized carbons (Fsp3) is 0.600. The molecule has 2 aliphatic rings. The minimum absolute atomic E-state index is 0.226. The Hall–Kier alpha value is -2.30. The number of amides is 2. The molecule has 1 heterocycles. The number of urea groups is 1. The molecule has 1 aliphatic carbocycles. The van der Waals surface area contributed by atoms with Gasteiger partial charge in [0.1, 0.15) is 11.8 Å². The predicted octanol–water partition coefficient (Wildman–Crippen LogP) is 2.11. The highest BCUT2D eigenvalue weighted by atomic mass is 16.5. The zero-order chi connectivity index (χ0) is 19.3. The number of piperazine rings is 1. The lowest BCUT2D eigenvalue weighted by atomic mass is 10.1. The molecule has 1 aromatic rings. The van der Waals surface area contributed by atoms with Crippen molar-refractivity contribution in [3.05, 3.63) is 23.8 Å². The average Bonchev–Trinajstić information content (AvgIpc) is 3.43. The van der Waals surface area contributed by atoms with Crippen molar-refractivity contribution in [2.24, 2.45) is 5.41 Å². The van der Waals surface area contributed by atoms with Crippen LogP contribution < -0.4 is 15.4 Å². The van der Waals surface area contributed by atoms with E-state index >= 15 is 0 Å². The average molecular weight is 371 g/mol. The monoisotopic (exact) mass is 371 g/mol. The van der Waals surface area contributed by atoms with Crippen molar-refractivity contribution in [1.82, 2.24) is 15.1 Å². The minimum Gasteiger partial charge on any atom is -0.492 e. The molecule has 1 saturated carbocycles. The maximum absolute atomic E-state index is 12.3. The lowest BCUT2D eigenvalue weighted by molar-refractivity contribution is 0.130. The Morgan fingerprint density at radius 3 is 2.67 bits per heavy atom. The van der Waals surface area contributed by atoms with Gasteiger partial charge >= 0.3 is 6.03 Å². The number of nitriles is 1. The highest BCUT2D eigenvalue weighted by Crippen LogP contribution is 2.45. The van der Waals surface area contributed by atoms with E-state index in [9.17, 15) is 10.1 Å². The summed E-state index contributed by atoms with van der Waals surface area (Å²) < 4.78 is 5.41. The van der Waals surface area contributed by atoms with Crippen LogP contribution in [0.3, 0.4) is 0 Å². The van der Waals surface area contributed by atoms with Crippen molar-refractivity contribution in [3.63, 3.8) is 0 Å². The van der Waals surface area contributed by atoms with Crippen LogP contribution >= 0.6 is 0 Å². The topological polar surface area (TPSA) is 80.6 Å². The second-order valence-electron chi connectivity index (χ2n) is 7.64. The normalized spacial score (nSPS) is 19.1. The fourth-order valence-corrected chi connectivity index (χ4v) is 3.47. The zero-order valence-corrected chi connectivity index (χ0v) is 16.3. The maximum atomic E-state index is 12.3. The third kappa shape index (κ3) is 5.34. The van der Waals surface area contributed by atoms with E-state index in [1.807, 2.05) is 6.92 Å². The zero-order valence-electron chi connectivity index (χ0n) is 16.3. The summed E-state index contributed by atoms with van der Waals surface area (Å²) in [5.41, 5.74) is 1.24. The van der Waals surface area contributed by atoms with Crippen LogP contribution in [0.25, 0.3) is 0 Å². The predicted molar refractivity (Wildman–Crippen MR) is 105 cm³/mol. The van der Waals surface area contributed by atoms with Crippen LogP contribution in [0.5, 0.6) is 5.75 Å². The molecule has 1 aliphatic heterocycles. The van der Waals surface area contributed by atoms with Gasteiger partial charge < -0.3 is 25.2 Å². The molecule has 0 radical (unpaired) electrons. The van der Waals surface area contributed by atoms with Gasteiger partial charge in [0.15, 0.2) is 0 Å². The molecule has 0 aromatic heterocycles. The number of hydrogen-bond donors (Lipinski definition) is 2. The molecule has 2 N–H and O–H groups in total. The van der Waals surface area contributed by atoms with Gasteiger partial charge in [0, 0.05) is 50.4 Å². The van der Waals surface area contributed by atoms with Crippen LogP contribution in [-0.4, -0.2) is 68.8 Å². The second kappa shape index (κ2) is 8.59. The van der Waals surface area contributed by atoms with Gasteiger partial charge in [-0.15, -0.1) is 0 Å². The van der Waals surface area contributed by atoms with Crippen LogP contribution in [0.1, 0.15) is 25.3 Å². The number of ether oxygens (including phenoxy) is 1. The van der Waals surface area contributed by atoms with Gasteiger partial charge in [-0.2, -0.15) is 5.26 Å². The number of anilines is 1. The summed E-state index contributed by atoms with van der Waals surface area (Å²) in [6.07, 6.45) is 2.34. The molecule has 146 valence electrons. The number of nitrogens with one attached hydrogen (secondary N) is 2. The first-order valence-corrected chi connectivity index (χ1v) is 9.66. The second-order valence-corrected chi connectivity index (χ2v) is 7.64. The van der Waals surface area contributed by atoms with E-state index in [1.165, 1.54) is 12.8 Å². The van der Waals surface area contributed by atoms with E-state index in [4.69, 9.17) is 4.74 Å².